The highest BCUT2D eigenvalue weighted by atomic mass is 35.5. The van der Waals surface area contributed by atoms with Crippen LogP contribution >= 0.6 is 11.6 Å². The smallest absolute Gasteiger partial charge is 0.310 e. The van der Waals surface area contributed by atoms with E-state index >= 15 is 0 Å². The number of aliphatic carboxylic acids is 1. The van der Waals surface area contributed by atoms with Crippen molar-refractivity contribution in [3.8, 4) is 5.75 Å². The molecule has 2 rings (SSSR count). The van der Waals surface area contributed by atoms with Gasteiger partial charge in [0.15, 0.2) is 0 Å². The Kier molecular flexibility index (Phi) is 2.33. The van der Waals surface area contributed by atoms with Gasteiger partial charge in [0.25, 0.3) is 0 Å². The Labute approximate surface area is 86.3 Å². The lowest BCUT2D eigenvalue weighted by molar-refractivity contribution is -0.143. The summed E-state index contributed by atoms with van der Waals surface area (Å²) >= 11 is 5.94. The molecule has 0 amide bonds. The molecule has 74 valence electrons. The van der Waals surface area contributed by atoms with Crippen LogP contribution in [0.2, 0.25) is 5.02 Å². The van der Waals surface area contributed by atoms with Crippen molar-refractivity contribution in [2.75, 3.05) is 6.61 Å². The average molecular weight is 213 g/mol. The molecular weight excluding hydrogens is 204 g/mol. The van der Waals surface area contributed by atoms with Crippen LogP contribution in [0.4, 0.5) is 0 Å². The van der Waals surface area contributed by atoms with Crippen molar-refractivity contribution in [2.24, 2.45) is 5.92 Å². The molecule has 1 unspecified atom stereocenters. The predicted octanol–water partition coefficient (Wildman–Crippen LogP) is 1.98. The Hall–Kier alpha value is -1.22. The minimum atomic E-state index is -0.837. The van der Waals surface area contributed by atoms with Gasteiger partial charge >= 0.3 is 5.97 Å². The van der Waals surface area contributed by atoms with E-state index in [0.29, 0.717) is 17.2 Å². The number of carbonyl (C=O) groups is 1. The second kappa shape index (κ2) is 3.50. The molecule has 0 saturated carbocycles. The highest BCUT2D eigenvalue weighted by Gasteiger charge is 2.26. The maximum atomic E-state index is 10.8. The maximum absolute atomic E-state index is 10.8. The summed E-state index contributed by atoms with van der Waals surface area (Å²) in [4.78, 5) is 10.8. The molecule has 14 heavy (non-hydrogen) atoms. The highest BCUT2D eigenvalue weighted by molar-refractivity contribution is 6.31. The molecule has 0 aliphatic carbocycles. The van der Waals surface area contributed by atoms with Crippen molar-refractivity contribution in [3.63, 3.8) is 0 Å². The minimum Gasteiger partial charge on any atom is -0.492 e. The molecular formula is C10H9ClO3. The summed E-state index contributed by atoms with van der Waals surface area (Å²) in [5.74, 6) is -0.618. The summed E-state index contributed by atoms with van der Waals surface area (Å²) in [5.41, 5.74) is 0.799. The Morgan fingerprint density at radius 3 is 3.07 bits per heavy atom. The molecule has 0 aromatic heterocycles. The molecule has 0 spiro atoms. The van der Waals surface area contributed by atoms with E-state index in [1.54, 1.807) is 18.2 Å². The van der Waals surface area contributed by atoms with Gasteiger partial charge in [-0.2, -0.15) is 0 Å². The van der Waals surface area contributed by atoms with Gasteiger partial charge in [-0.25, -0.2) is 0 Å². The number of ether oxygens (including phenoxy) is 1. The zero-order valence-corrected chi connectivity index (χ0v) is 8.12. The molecule has 1 aliphatic heterocycles. The number of rotatable bonds is 1. The summed E-state index contributed by atoms with van der Waals surface area (Å²) in [6.45, 7) is 0.225. The van der Waals surface area contributed by atoms with E-state index in [1.165, 1.54) is 0 Å². The molecule has 0 bridgehead atoms. The second-order valence-corrected chi connectivity index (χ2v) is 3.67. The van der Waals surface area contributed by atoms with E-state index in [4.69, 9.17) is 21.4 Å². The number of carboxylic acid groups (broad SMARTS) is 1. The average Bonchev–Trinajstić information content (AvgIpc) is 2.18. The lowest BCUT2D eigenvalue weighted by atomic mass is 9.97. The third-order valence-electron chi connectivity index (χ3n) is 2.32. The molecule has 1 aliphatic rings. The quantitative estimate of drug-likeness (QED) is 0.774. The van der Waals surface area contributed by atoms with Crippen molar-refractivity contribution in [2.45, 2.75) is 6.42 Å². The Morgan fingerprint density at radius 1 is 1.57 bits per heavy atom. The normalized spacial score (nSPS) is 19.6. The molecule has 0 saturated heterocycles. The molecule has 0 radical (unpaired) electrons. The maximum Gasteiger partial charge on any atom is 0.310 e. The Bertz CT molecular complexity index is 376. The third-order valence-corrected chi connectivity index (χ3v) is 2.67. The van der Waals surface area contributed by atoms with E-state index in [-0.39, 0.29) is 6.61 Å². The molecule has 1 atom stereocenters. The van der Waals surface area contributed by atoms with Crippen LogP contribution in [0.15, 0.2) is 18.2 Å². The predicted molar refractivity (Wildman–Crippen MR) is 51.8 cm³/mol. The van der Waals surface area contributed by atoms with Crippen LogP contribution in [0.5, 0.6) is 5.75 Å². The molecule has 1 aromatic rings. The number of fused-ring (bicyclic) bond motifs is 1. The fourth-order valence-electron chi connectivity index (χ4n) is 1.53. The largest absolute Gasteiger partial charge is 0.492 e. The molecule has 4 heteroatoms. The third kappa shape index (κ3) is 1.55. The molecule has 1 heterocycles. The monoisotopic (exact) mass is 212 g/mol. The van der Waals surface area contributed by atoms with Crippen LogP contribution in [0, 0.1) is 5.92 Å². The lowest BCUT2D eigenvalue weighted by Crippen LogP contribution is -2.27. The lowest BCUT2D eigenvalue weighted by Gasteiger charge is -2.23. The number of hydrogen-bond donors (Lipinski definition) is 1. The molecule has 3 nitrogen and oxygen atoms in total. The first-order chi connectivity index (χ1) is 6.68. The molecule has 0 fully saturated rings. The standard InChI is InChI=1S/C10H9ClO3/c11-8-2-1-3-9-7(8)4-6(5-14-9)10(12)13/h1-3,6H,4-5H2,(H,12,13). The van der Waals surface area contributed by atoms with Crippen molar-refractivity contribution in [1.82, 2.24) is 0 Å². The molecule has 1 N–H and O–H groups in total. The first-order valence-corrected chi connectivity index (χ1v) is 4.69. The van der Waals surface area contributed by atoms with Crippen LogP contribution in [0.3, 0.4) is 0 Å². The summed E-state index contributed by atoms with van der Waals surface area (Å²) < 4.78 is 5.31. The first kappa shape index (κ1) is 9.34. The second-order valence-electron chi connectivity index (χ2n) is 3.27. The molecule has 1 aromatic carbocycles. The van der Waals surface area contributed by atoms with Crippen LogP contribution < -0.4 is 4.74 Å². The van der Waals surface area contributed by atoms with E-state index in [2.05, 4.69) is 0 Å². The van der Waals surface area contributed by atoms with Crippen LogP contribution in [0.1, 0.15) is 5.56 Å². The number of hydrogen-bond acceptors (Lipinski definition) is 2. The van der Waals surface area contributed by atoms with Crippen molar-refractivity contribution in [3.05, 3.63) is 28.8 Å². The number of carboxylic acids is 1. The van der Waals surface area contributed by atoms with Crippen LogP contribution in [-0.2, 0) is 11.2 Å². The van der Waals surface area contributed by atoms with Gasteiger partial charge in [0.05, 0.1) is 5.92 Å². The SMILES string of the molecule is O=C(O)C1COc2cccc(Cl)c2C1. The van der Waals surface area contributed by atoms with Crippen molar-refractivity contribution >= 4 is 17.6 Å². The fourth-order valence-corrected chi connectivity index (χ4v) is 1.77. The van der Waals surface area contributed by atoms with Crippen LogP contribution in [0.25, 0.3) is 0 Å². The Morgan fingerprint density at radius 2 is 2.36 bits per heavy atom. The summed E-state index contributed by atoms with van der Waals surface area (Å²) in [6.07, 6.45) is 0.449. The van der Waals surface area contributed by atoms with Gasteiger partial charge in [-0.1, -0.05) is 17.7 Å². The van der Waals surface area contributed by atoms with Gasteiger partial charge in [-0.05, 0) is 18.6 Å². The summed E-state index contributed by atoms with van der Waals surface area (Å²) in [5, 5.41) is 9.41. The van der Waals surface area contributed by atoms with E-state index in [1.807, 2.05) is 0 Å². The van der Waals surface area contributed by atoms with Gasteiger partial charge in [-0.15, -0.1) is 0 Å². The summed E-state index contributed by atoms with van der Waals surface area (Å²) in [6, 6.07) is 5.34. The number of benzene rings is 1. The van der Waals surface area contributed by atoms with Gasteiger partial charge in [0.1, 0.15) is 12.4 Å². The zero-order chi connectivity index (χ0) is 10.1. The van der Waals surface area contributed by atoms with Gasteiger partial charge in [0.2, 0.25) is 0 Å². The van der Waals surface area contributed by atoms with Crippen molar-refractivity contribution in [1.29, 1.82) is 0 Å². The van der Waals surface area contributed by atoms with E-state index < -0.39 is 11.9 Å². The first-order valence-electron chi connectivity index (χ1n) is 4.31. The topological polar surface area (TPSA) is 46.5 Å². The van der Waals surface area contributed by atoms with Gasteiger partial charge in [0, 0.05) is 10.6 Å². The number of halogens is 1. The fraction of sp³-hybridized carbons (Fsp3) is 0.300. The summed E-state index contributed by atoms with van der Waals surface area (Å²) in [7, 11) is 0. The minimum absolute atomic E-state index is 0.225. The van der Waals surface area contributed by atoms with Crippen molar-refractivity contribution < 1.29 is 14.6 Å². The van der Waals surface area contributed by atoms with E-state index in [0.717, 1.165) is 5.56 Å². The highest BCUT2D eigenvalue weighted by Crippen LogP contribution is 2.32. The van der Waals surface area contributed by atoms with Gasteiger partial charge < -0.3 is 9.84 Å². The van der Waals surface area contributed by atoms with Crippen LogP contribution in [-0.4, -0.2) is 17.7 Å². The van der Waals surface area contributed by atoms with Gasteiger partial charge in [-0.3, -0.25) is 4.79 Å². The zero-order valence-electron chi connectivity index (χ0n) is 7.37. The van der Waals surface area contributed by atoms with E-state index in [9.17, 15) is 4.79 Å². The Balaban J connectivity index is 2.33.